The molecule has 2 amide bonds. The number of carbonyl (C=O) groups excluding carboxylic acids is 2. The lowest BCUT2D eigenvalue weighted by Gasteiger charge is -2.35. The van der Waals surface area contributed by atoms with Crippen molar-refractivity contribution < 1.29 is 37.9 Å². The third kappa shape index (κ3) is 8.55. The Bertz CT molecular complexity index is 1060. The van der Waals surface area contributed by atoms with Gasteiger partial charge in [0.2, 0.25) is 5.91 Å². The largest absolute Gasteiger partial charge is 0.490 e. The van der Waals surface area contributed by atoms with Gasteiger partial charge in [0.25, 0.3) is 5.91 Å². The van der Waals surface area contributed by atoms with Gasteiger partial charge < -0.3 is 15.3 Å². The molecule has 1 aliphatic heterocycles. The predicted octanol–water partition coefficient (Wildman–Crippen LogP) is 2.23. The van der Waals surface area contributed by atoms with E-state index in [1.807, 2.05) is 23.1 Å². The average molecular weight is 523 g/mol. The number of rotatable bonds is 7. The van der Waals surface area contributed by atoms with Gasteiger partial charge in [0.1, 0.15) is 0 Å². The first-order valence-electron chi connectivity index (χ1n) is 11.7. The van der Waals surface area contributed by atoms with Crippen LogP contribution in [0.5, 0.6) is 0 Å². The van der Waals surface area contributed by atoms with E-state index in [0.717, 1.165) is 44.7 Å². The first-order valence-corrected chi connectivity index (χ1v) is 11.7. The van der Waals surface area contributed by atoms with Crippen molar-refractivity contribution in [3.05, 3.63) is 71.3 Å². The SMILES string of the molecule is O=C(NO)c1ccc(CN2CCN(C(=O)CNC3CC3c3ccccc3)CC2)cc1.O=C(O)C(F)(F)F. The number of benzene rings is 2. The molecule has 0 bridgehead atoms. The number of nitrogens with one attached hydrogen (secondary N) is 2. The highest BCUT2D eigenvalue weighted by molar-refractivity contribution is 5.93. The van der Waals surface area contributed by atoms with E-state index in [9.17, 15) is 22.8 Å². The predicted molar refractivity (Wildman–Crippen MR) is 127 cm³/mol. The normalized spacial score (nSPS) is 19.4. The van der Waals surface area contributed by atoms with Gasteiger partial charge in [-0.25, -0.2) is 10.3 Å². The molecule has 2 aromatic carbocycles. The number of piperazine rings is 1. The molecule has 0 radical (unpaired) electrons. The summed E-state index contributed by atoms with van der Waals surface area (Å²) in [5.41, 5.74) is 4.51. The van der Waals surface area contributed by atoms with Gasteiger partial charge in [-0.1, -0.05) is 42.5 Å². The molecule has 2 fully saturated rings. The van der Waals surface area contributed by atoms with Crippen LogP contribution in [-0.2, 0) is 16.1 Å². The van der Waals surface area contributed by atoms with Crippen molar-refractivity contribution in [3.8, 4) is 0 Å². The van der Waals surface area contributed by atoms with Crippen LogP contribution in [0.25, 0.3) is 0 Å². The molecule has 12 heteroatoms. The van der Waals surface area contributed by atoms with Crippen molar-refractivity contribution >= 4 is 17.8 Å². The molecule has 1 saturated heterocycles. The molecule has 1 aliphatic carbocycles. The van der Waals surface area contributed by atoms with E-state index < -0.39 is 18.1 Å². The second-order valence-electron chi connectivity index (χ2n) is 8.84. The molecule has 2 aliphatic rings. The van der Waals surface area contributed by atoms with E-state index in [2.05, 4.69) is 34.5 Å². The highest BCUT2D eigenvalue weighted by Crippen LogP contribution is 2.40. The smallest absolute Gasteiger partial charge is 0.475 e. The third-order valence-corrected chi connectivity index (χ3v) is 6.22. The number of hydrogen-bond donors (Lipinski definition) is 4. The van der Waals surface area contributed by atoms with Crippen molar-refractivity contribution in [1.29, 1.82) is 0 Å². The van der Waals surface area contributed by atoms with E-state index in [4.69, 9.17) is 15.1 Å². The maximum atomic E-state index is 12.6. The Balaban J connectivity index is 0.000000479. The van der Waals surface area contributed by atoms with E-state index in [0.29, 0.717) is 24.1 Å². The number of amides is 2. The standard InChI is InChI=1S/C23H28N4O3.C2HF3O2/c28-22(15-24-21-14-20(21)18-4-2-1-3-5-18)27-12-10-26(11-13-27)16-17-6-8-19(9-7-17)23(29)25-30;3-2(4,5)1(6)7/h1-9,20-21,24,30H,10-16H2,(H,25,29);(H,6,7). The number of carboxylic acids is 1. The molecule has 1 heterocycles. The number of carboxylic acid groups (broad SMARTS) is 1. The second-order valence-corrected chi connectivity index (χ2v) is 8.84. The lowest BCUT2D eigenvalue weighted by Crippen LogP contribution is -2.50. The van der Waals surface area contributed by atoms with Crippen LogP contribution in [0.15, 0.2) is 54.6 Å². The van der Waals surface area contributed by atoms with Gasteiger partial charge in [0.05, 0.1) is 6.54 Å². The van der Waals surface area contributed by atoms with Crippen molar-refractivity contribution in [2.45, 2.75) is 31.1 Å². The molecule has 9 nitrogen and oxygen atoms in total. The second kappa shape index (κ2) is 12.7. The minimum Gasteiger partial charge on any atom is -0.475 e. The molecule has 0 spiro atoms. The van der Waals surface area contributed by atoms with Crippen molar-refractivity contribution in [2.24, 2.45) is 0 Å². The molecule has 0 aromatic heterocycles. The van der Waals surface area contributed by atoms with Crippen LogP contribution in [0.3, 0.4) is 0 Å². The highest BCUT2D eigenvalue weighted by atomic mass is 19.4. The lowest BCUT2D eigenvalue weighted by molar-refractivity contribution is -0.192. The zero-order valence-electron chi connectivity index (χ0n) is 19.9. The zero-order chi connectivity index (χ0) is 27.0. The summed E-state index contributed by atoms with van der Waals surface area (Å²) in [6.45, 7) is 4.32. The summed E-state index contributed by atoms with van der Waals surface area (Å²) in [6, 6.07) is 18.1. The Morgan fingerprint density at radius 2 is 1.54 bits per heavy atom. The van der Waals surface area contributed by atoms with Crippen LogP contribution in [0.1, 0.15) is 33.8 Å². The number of aliphatic carboxylic acids is 1. The fourth-order valence-corrected chi connectivity index (χ4v) is 4.06. The number of hydroxylamine groups is 1. The van der Waals surface area contributed by atoms with E-state index in [1.54, 1.807) is 17.6 Å². The molecule has 2 unspecified atom stereocenters. The number of nitrogens with zero attached hydrogens (tertiary/aromatic N) is 2. The first kappa shape index (κ1) is 28.1. The van der Waals surface area contributed by atoms with E-state index in [1.165, 1.54) is 5.56 Å². The summed E-state index contributed by atoms with van der Waals surface area (Å²) < 4.78 is 31.7. The van der Waals surface area contributed by atoms with E-state index >= 15 is 0 Å². The zero-order valence-corrected chi connectivity index (χ0v) is 19.9. The fraction of sp³-hybridized carbons (Fsp3) is 0.400. The van der Waals surface area contributed by atoms with Gasteiger partial charge in [-0.05, 0) is 29.7 Å². The Morgan fingerprint density at radius 1 is 0.946 bits per heavy atom. The van der Waals surface area contributed by atoms with Gasteiger partial charge in [-0.3, -0.25) is 19.7 Å². The minimum atomic E-state index is -5.08. The van der Waals surface area contributed by atoms with Crippen molar-refractivity contribution in [1.82, 2.24) is 20.6 Å². The summed E-state index contributed by atoms with van der Waals surface area (Å²) in [5, 5.41) is 19.2. The topological polar surface area (TPSA) is 122 Å². The Morgan fingerprint density at radius 3 is 2.08 bits per heavy atom. The summed E-state index contributed by atoms with van der Waals surface area (Å²) in [4.78, 5) is 37.1. The maximum absolute atomic E-state index is 12.6. The quantitative estimate of drug-likeness (QED) is 0.325. The molecule has 37 heavy (non-hydrogen) atoms. The van der Waals surface area contributed by atoms with Crippen molar-refractivity contribution in [2.75, 3.05) is 32.7 Å². The maximum Gasteiger partial charge on any atom is 0.490 e. The molecular formula is C25H29F3N4O5. The number of alkyl halides is 3. The fourth-order valence-electron chi connectivity index (χ4n) is 4.06. The monoisotopic (exact) mass is 522 g/mol. The summed E-state index contributed by atoms with van der Waals surface area (Å²) in [5.74, 6) is -2.56. The number of halogens is 3. The molecule has 1 saturated carbocycles. The van der Waals surface area contributed by atoms with Crippen LogP contribution in [0.2, 0.25) is 0 Å². The van der Waals surface area contributed by atoms with Gasteiger partial charge in [0.15, 0.2) is 0 Å². The first-order chi connectivity index (χ1) is 17.6. The van der Waals surface area contributed by atoms with E-state index in [-0.39, 0.29) is 5.91 Å². The van der Waals surface area contributed by atoms with Crippen LogP contribution < -0.4 is 10.8 Å². The van der Waals surface area contributed by atoms with Gasteiger partial charge in [0, 0.05) is 50.2 Å². The van der Waals surface area contributed by atoms with Crippen LogP contribution >= 0.6 is 0 Å². The molecule has 4 N–H and O–H groups in total. The molecule has 2 atom stereocenters. The highest BCUT2D eigenvalue weighted by Gasteiger charge is 2.39. The summed E-state index contributed by atoms with van der Waals surface area (Å²) >= 11 is 0. The van der Waals surface area contributed by atoms with Gasteiger partial charge in [-0.2, -0.15) is 13.2 Å². The number of hydrogen-bond acceptors (Lipinski definition) is 6. The lowest BCUT2D eigenvalue weighted by atomic mass is 10.1. The molecule has 4 rings (SSSR count). The molecular weight excluding hydrogens is 493 g/mol. The van der Waals surface area contributed by atoms with Crippen molar-refractivity contribution in [3.63, 3.8) is 0 Å². The van der Waals surface area contributed by atoms with Gasteiger partial charge >= 0.3 is 12.1 Å². The van der Waals surface area contributed by atoms with Gasteiger partial charge in [-0.15, -0.1) is 0 Å². The Hall–Kier alpha value is -3.48. The van der Waals surface area contributed by atoms with Crippen LogP contribution in [0.4, 0.5) is 13.2 Å². The summed E-state index contributed by atoms with van der Waals surface area (Å²) in [6.07, 6.45) is -3.98. The summed E-state index contributed by atoms with van der Waals surface area (Å²) in [7, 11) is 0. The molecule has 200 valence electrons. The minimum absolute atomic E-state index is 0.174. The third-order valence-electron chi connectivity index (χ3n) is 6.22. The Kier molecular flexibility index (Phi) is 9.61. The van der Waals surface area contributed by atoms with Crippen LogP contribution in [0, 0.1) is 0 Å². The van der Waals surface area contributed by atoms with Crippen LogP contribution in [-0.4, -0.2) is 82.8 Å². The Labute approximate surface area is 211 Å². The number of carbonyl (C=O) groups is 3. The molecule has 2 aromatic rings. The average Bonchev–Trinajstić information content (AvgIpc) is 3.68.